The van der Waals surface area contributed by atoms with Crippen molar-refractivity contribution >= 4 is 11.0 Å². The zero-order chi connectivity index (χ0) is 13.0. The van der Waals surface area contributed by atoms with Gasteiger partial charge in [-0.25, -0.2) is 4.98 Å². The van der Waals surface area contributed by atoms with Crippen LogP contribution in [0.1, 0.15) is 24.4 Å². The van der Waals surface area contributed by atoms with Crippen molar-refractivity contribution in [3.8, 4) is 0 Å². The Hall–Kier alpha value is -1.39. The fraction of sp³-hybridized carbons (Fsp3) is 0.500. The molecule has 2 N–H and O–H groups in total. The van der Waals surface area contributed by atoms with E-state index >= 15 is 0 Å². The maximum Gasteiger partial charge on any atom is 0.0955 e. The topological polar surface area (TPSA) is 41.9 Å². The Kier molecular flexibility index (Phi) is 4.33. The van der Waals surface area contributed by atoms with Crippen LogP contribution in [-0.4, -0.2) is 30.2 Å². The van der Waals surface area contributed by atoms with Gasteiger partial charge in [-0.1, -0.05) is 6.07 Å². The first-order chi connectivity index (χ1) is 8.76. The van der Waals surface area contributed by atoms with Crippen LogP contribution in [0, 0.1) is 0 Å². The van der Waals surface area contributed by atoms with Crippen molar-refractivity contribution in [3.05, 3.63) is 30.1 Å². The van der Waals surface area contributed by atoms with Gasteiger partial charge in [-0.2, -0.15) is 0 Å². The van der Waals surface area contributed by atoms with Gasteiger partial charge in [0.1, 0.15) is 0 Å². The summed E-state index contributed by atoms with van der Waals surface area (Å²) in [6.07, 6.45) is 4.17. The lowest BCUT2D eigenvalue weighted by Gasteiger charge is -2.16. The van der Waals surface area contributed by atoms with Crippen LogP contribution in [0.3, 0.4) is 0 Å². The third kappa shape index (κ3) is 2.71. The molecule has 0 radical (unpaired) electrons. The summed E-state index contributed by atoms with van der Waals surface area (Å²) in [6.45, 7) is 1.06. The van der Waals surface area contributed by atoms with E-state index in [0.717, 1.165) is 18.5 Å². The van der Waals surface area contributed by atoms with Crippen LogP contribution >= 0.6 is 0 Å². The molecule has 4 nitrogen and oxygen atoms in total. The summed E-state index contributed by atoms with van der Waals surface area (Å²) >= 11 is 0. The Labute approximate surface area is 108 Å². The lowest BCUT2D eigenvalue weighted by molar-refractivity contribution is 0.519. The Bertz CT molecular complexity index is 503. The molecule has 0 saturated heterocycles. The van der Waals surface area contributed by atoms with Crippen molar-refractivity contribution in [1.29, 1.82) is 0 Å². The van der Waals surface area contributed by atoms with E-state index in [-0.39, 0.29) is 0 Å². The van der Waals surface area contributed by atoms with E-state index in [4.69, 9.17) is 0 Å². The Morgan fingerprint density at radius 2 is 2.17 bits per heavy atom. The molecule has 4 heteroatoms. The van der Waals surface area contributed by atoms with E-state index in [0.29, 0.717) is 6.04 Å². The van der Waals surface area contributed by atoms with E-state index in [1.807, 2.05) is 27.5 Å². The lowest BCUT2D eigenvalue weighted by atomic mass is 10.0. The molecule has 1 unspecified atom stereocenters. The van der Waals surface area contributed by atoms with Crippen molar-refractivity contribution in [2.75, 3.05) is 20.6 Å². The van der Waals surface area contributed by atoms with Crippen molar-refractivity contribution in [1.82, 2.24) is 20.2 Å². The van der Waals surface area contributed by atoms with Gasteiger partial charge in [0, 0.05) is 13.1 Å². The van der Waals surface area contributed by atoms with Gasteiger partial charge in [0.05, 0.1) is 17.4 Å². The van der Waals surface area contributed by atoms with E-state index in [1.165, 1.54) is 17.5 Å². The molecule has 0 bridgehead atoms. The highest BCUT2D eigenvalue weighted by molar-refractivity contribution is 5.76. The van der Waals surface area contributed by atoms with Crippen molar-refractivity contribution in [2.24, 2.45) is 7.05 Å². The molecule has 2 aromatic rings. The predicted molar refractivity (Wildman–Crippen MR) is 75.7 cm³/mol. The van der Waals surface area contributed by atoms with Gasteiger partial charge in [0.25, 0.3) is 0 Å². The highest BCUT2D eigenvalue weighted by Crippen LogP contribution is 2.22. The minimum absolute atomic E-state index is 0.407. The van der Waals surface area contributed by atoms with Crippen molar-refractivity contribution in [3.63, 3.8) is 0 Å². The first-order valence-corrected chi connectivity index (χ1v) is 6.49. The number of hydrogen-bond donors (Lipinski definition) is 2. The predicted octanol–water partition coefficient (Wildman–Crippen LogP) is 1.83. The molecular formula is C14H22N4. The molecule has 0 aliphatic heterocycles. The highest BCUT2D eigenvalue weighted by atomic mass is 15.0. The molecule has 0 aliphatic carbocycles. The standard InChI is InChI=1S/C14H22N4/c1-15-8-4-5-12(16-2)11-6-7-14-13(9-11)17-10-18(14)3/h6-7,9-10,12,15-16H,4-5,8H2,1-3H3. The number of aryl methyl sites for hydroxylation is 1. The number of nitrogens with one attached hydrogen (secondary N) is 2. The fourth-order valence-electron chi connectivity index (χ4n) is 2.33. The second-order valence-electron chi connectivity index (χ2n) is 4.69. The fourth-order valence-corrected chi connectivity index (χ4v) is 2.33. The molecule has 0 amide bonds. The summed E-state index contributed by atoms with van der Waals surface area (Å²) in [4.78, 5) is 4.41. The number of imidazole rings is 1. The van der Waals surface area contributed by atoms with Gasteiger partial charge >= 0.3 is 0 Å². The molecule has 1 aromatic heterocycles. The van der Waals surface area contributed by atoms with Crippen LogP contribution in [0.25, 0.3) is 11.0 Å². The minimum Gasteiger partial charge on any atom is -0.334 e. The molecule has 0 spiro atoms. The summed E-state index contributed by atoms with van der Waals surface area (Å²) in [5.41, 5.74) is 3.58. The molecule has 0 aliphatic rings. The SMILES string of the molecule is CNCCCC(NC)c1ccc2c(c1)ncn2C. The highest BCUT2D eigenvalue weighted by Gasteiger charge is 2.10. The van der Waals surface area contributed by atoms with Crippen LogP contribution in [0.5, 0.6) is 0 Å². The Morgan fingerprint density at radius 1 is 1.33 bits per heavy atom. The van der Waals surface area contributed by atoms with Crippen molar-refractivity contribution in [2.45, 2.75) is 18.9 Å². The van der Waals surface area contributed by atoms with Crippen molar-refractivity contribution < 1.29 is 0 Å². The monoisotopic (exact) mass is 246 g/mol. The van der Waals surface area contributed by atoms with Crippen LogP contribution in [-0.2, 0) is 7.05 Å². The average Bonchev–Trinajstić information content (AvgIpc) is 2.76. The summed E-state index contributed by atoms with van der Waals surface area (Å²) < 4.78 is 2.05. The molecule has 0 saturated carbocycles. The van der Waals surface area contributed by atoms with Gasteiger partial charge in [-0.15, -0.1) is 0 Å². The summed E-state index contributed by atoms with van der Waals surface area (Å²) in [5.74, 6) is 0. The van der Waals surface area contributed by atoms with Gasteiger partial charge in [0.15, 0.2) is 0 Å². The third-order valence-electron chi connectivity index (χ3n) is 3.42. The average molecular weight is 246 g/mol. The summed E-state index contributed by atoms with van der Waals surface area (Å²) in [7, 11) is 6.04. The number of aromatic nitrogens is 2. The Morgan fingerprint density at radius 3 is 2.89 bits per heavy atom. The molecular weight excluding hydrogens is 224 g/mol. The molecule has 98 valence electrons. The second-order valence-corrected chi connectivity index (χ2v) is 4.69. The molecule has 1 atom stereocenters. The van der Waals surface area contributed by atoms with E-state index in [2.05, 4.69) is 38.4 Å². The molecule has 1 heterocycles. The van der Waals surface area contributed by atoms with Crippen LogP contribution < -0.4 is 10.6 Å². The second kappa shape index (κ2) is 5.98. The number of rotatable bonds is 6. The molecule has 0 fully saturated rings. The normalized spacial score (nSPS) is 13.1. The van der Waals surface area contributed by atoms with E-state index in [9.17, 15) is 0 Å². The van der Waals surface area contributed by atoms with Crippen LogP contribution in [0.2, 0.25) is 0 Å². The zero-order valence-corrected chi connectivity index (χ0v) is 11.4. The van der Waals surface area contributed by atoms with E-state index in [1.54, 1.807) is 0 Å². The molecule has 1 aromatic carbocycles. The quantitative estimate of drug-likeness (QED) is 0.764. The summed E-state index contributed by atoms with van der Waals surface area (Å²) in [5, 5.41) is 6.57. The van der Waals surface area contributed by atoms with E-state index < -0.39 is 0 Å². The maximum absolute atomic E-state index is 4.41. The third-order valence-corrected chi connectivity index (χ3v) is 3.42. The molecule has 2 rings (SSSR count). The number of fused-ring (bicyclic) bond motifs is 1. The molecule has 18 heavy (non-hydrogen) atoms. The zero-order valence-electron chi connectivity index (χ0n) is 11.4. The van der Waals surface area contributed by atoms with Crippen LogP contribution in [0.4, 0.5) is 0 Å². The van der Waals surface area contributed by atoms with Gasteiger partial charge in [-0.3, -0.25) is 0 Å². The smallest absolute Gasteiger partial charge is 0.0955 e. The van der Waals surface area contributed by atoms with Gasteiger partial charge in [-0.05, 0) is 51.2 Å². The van der Waals surface area contributed by atoms with Crippen LogP contribution in [0.15, 0.2) is 24.5 Å². The van der Waals surface area contributed by atoms with Gasteiger partial charge in [0.2, 0.25) is 0 Å². The lowest BCUT2D eigenvalue weighted by Crippen LogP contribution is -2.18. The maximum atomic E-state index is 4.41. The summed E-state index contributed by atoms with van der Waals surface area (Å²) in [6, 6.07) is 6.95. The first-order valence-electron chi connectivity index (χ1n) is 6.49. The first kappa shape index (κ1) is 13.1. The number of nitrogens with zero attached hydrogens (tertiary/aromatic N) is 2. The number of benzene rings is 1. The largest absolute Gasteiger partial charge is 0.334 e. The number of hydrogen-bond acceptors (Lipinski definition) is 3. The minimum atomic E-state index is 0.407. The Balaban J connectivity index is 2.17. The van der Waals surface area contributed by atoms with Gasteiger partial charge < -0.3 is 15.2 Å².